The molecule has 0 spiro atoms. The molecule has 0 aliphatic carbocycles. The highest BCUT2D eigenvalue weighted by Crippen LogP contribution is 2.24. The molecule has 1 fully saturated rings. The molecule has 3 N–H and O–H groups in total. The summed E-state index contributed by atoms with van der Waals surface area (Å²) in [6, 6.07) is 16.6. The number of hydrogen-bond donors (Lipinski definition) is 2. The van der Waals surface area contributed by atoms with Crippen LogP contribution >= 0.6 is 0 Å². The molecule has 1 unspecified atom stereocenters. The highest BCUT2D eigenvalue weighted by atomic mass is 16.5. The first-order chi connectivity index (χ1) is 15.1. The van der Waals surface area contributed by atoms with Gasteiger partial charge in [0.2, 0.25) is 5.91 Å². The number of fused-ring (bicyclic) bond motifs is 1. The Kier molecular flexibility index (Phi) is 7.22. The summed E-state index contributed by atoms with van der Waals surface area (Å²) in [6.07, 6.45) is 2.12. The number of likely N-dealkylation sites (tertiary alicyclic amines) is 1. The Morgan fingerprint density at radius 3 is 2.52 bits per heavy atom. The van der Waals surface area contributed by atoms with Gasteiger partial charge in [0.1, 0.15) is 18.5 Å². The third-order valence-corrected chi connectivity index (χ3v) is 6.47. The van der Waals surface area contributed by atoms with E-state index in [4.69, 9.17) is 10.5 Å². The number of aliphatic hydroxyl groups is 1. The van der Waals surface area contributed by atoms with E-state index in [9.17, 15) is 9.90 Å². The molecule has 2 aromatic carbocycles. The Hall–Kier alpha value is -2.41. The molecule has 2 aliphatic rings. The van der Waals surface area contributed by atoms with Crippen LogP contribution in [0.5, 0.6) is 5.75 Å². The molecule has 0 saturated carbocycles. The Bertz CT molecular complexity index is 880. The van der Waals surface area contributed by atoms with Crippen LogP contribution < -0.4 is 10.5 Å². The summed E-state index contributed by atoms with van der Waals surface area (Å²) in [7, 11) is 0. The van der Waals surface area contributed by atoms with Gasteiger partial charge in [-0.25, -0.2) is 0 Å². The van der Waals surface area contributed by atoms with Gasteiger partial charge in [0.25, 0.3) is 0 Å². The molecule has 6 heteroatoms. The zero-order valence-electron chi connectivity index (χ0n) is 18.1. The Labute approximate surface area is 184 Å². The first-order valence-corrected chi connectivity index (χ1v) is 11.3. The predicted octanol–water partition coefficient (Wildman–Crippen LogP) is 2.18. The van der Waals surface area contributed by atoms with E-state index in [1.54, 1.807) is 0 Å². The summed E-state index contributed by atoms with van der Waals surface area (Å²) in [4.78, 5) is 16.0. The van der Waals surface area contributed by atoms with Gasteiger partial charge in [-0.2, -0.15) is 0 Å². The number of rotatable bonds is 8. The van der Waals surface area contributed by atoms with Gasteiger partial charge in [-0.05, 0) is 49.5 Å². The summed E-state index contributed by atoms with van der Waals surface area (Å²) < 4.78 is 6.03. The first-order valence-electron chi connectivity index (χ1n) is 11.3. The van der Waals surface area contributed by atoms with Gasteiger partial charge >= 0.3 is 0 Å². The third-order valence-electron chi connectivity index (χ3n) is 6.47. The molecule has 2 heterocycles. The number of nitrogens with two attached hydrogens (primary N) is 1. The van der Waals surface area contributed by atoms with Crippen LogP contribution in [0.15, 0.2) is 48.5 Å². The average molecular weight is 424 g/mol. The van der Waals surface area contributed by atoms with Crippen LogP contribution in [0.1, 0.15) is 29.5 Å². The minimum absolute atomic E-state index is 0.000330. The van der Waals surface area contributed by atoms with Crippen molar-refractivity contribution >= 4 is 5.91 Å². The average Bonchev–Trinajstić information content (AvgIpc) is 2.79. The van der Waals surface area contributed by atoms with E-state index in [0.717, 1.165) is 63.3 Å². The zero-order valence-corrected chi connectivity index (χ0v) is 18.1. The van der Waals surface area contributed by atoms with Crippen molar-refractivity contribution in [1.82, 2.24) is 9.80 Å². The van der Waals surface area contributed by atoms with Crippen molar-refractivity contribution < 1.29 is 14.6 Å². The van der Waals surface area contributed by atoms with E-state index < -0.39 is 6.10 Å². The number of β-amino-alcohol motifs (C(OH)–C–C–N with tert-alkyl or cyclic N) is 1. The fraction of sp³-hybridized carbons (Fsp3) is 0.480. The van der Waals surface area contributed by atoms with E-state index in [2.05, 4.69) is 40.1 Å². The highest BCUT2D eigenvalue weighted by molar-refractivity contribution is 5.76. The van der Waals surface area contributed by atoms with E-state index in [-0.39, 0.29) is 18.4 Å². The second-order valence-corrected chi connectivity index (χ2v) is 8.78. The molecular weight excluding hydrogens is 390 g/mol. The van der Waals surface area contributed by atoms with E-state index in [0.29, 0.717) is 6.54 Å². The maximum absolute atomic E-state index is 11.4. The molecule has 4 rings (SSSR count). The maximum Gasteiger partial charge on any atom is 0.220 e. The summed E-state index contributed by atoms with van der Waals surface area (Å²) in [6.45, 7) is 5.23. The second kappa shape index (κ2) is 10.3. The van der Waals surface area contributed by atoms with E-state index in [1.165, 1.54) is 11.1 Å². The van der Waals surface area contributed by atoms with Crippen LogP contribution in [-0.2, 0) is 24.3 Å². The van der Waals surface area contributed by atoms with Crippen LogP contribution in [0.4, 0.5) is 0 Å². The smallest absolute Gasteiger partial charge is 0.220 e. The number of aliphatic hydroxyl groups excluding tert-OH is 1. The standard InChI is InChI=1S/C25H33N3O3/c26-25(30)20-10-12-27(13-11-20)16-22-7-3-4-8-24(22)31-18-23(29)17-28-14-9-19-5-1-2-6-21(19)15-28/h1-8,20,23,29H,9-18H2,(H2,26,30). The number of nitrogens with zero attached hydrogens (tertiary/aromatic N) is 2. The second-order valence-electron chi connectivity index (χ2n) is 8.78. The van der Waals surface area contributed by atoms with Crippen molar-refractivity contribution in [3.8, 4) is 5.75 Å². The van der Waals surface area contributed by atoms with Crippen molar-refractivity contribution in [1.29, 1.82) is 0 Å². The number of ether oxygens (including phenoxy) is 1. The molecule has 2 aliphatic heterocycles. The van der Waals surface area contributed by atoms with Crippen molar-refractivity contribution in [3.05, 3.63) is 65.2 Å². The minimum atomic E-state index is -0.537. The molecule has 1 saturated heterocycles. The number of piperidine rings is 1. The predicted molar refractivity (Wildman–Crippen MR) is 121 cm³/mol. The number of carbonyl (C=O) groups excluding carboxylic acids is 1. The Morgan fingerprint density at radius 1 is 1.03 bits per heavy atom. The van der Waals surface area contributed by atoms with Crippen LogP contribution in [0.2, 0.25) is 0 Å². The molecule has 2 aromatic rings. The van der Waals surface area contributed by atoms with Gasteiger partial charge < -0.3 is 15.6 Å². The summed E-state index contributed by atoms with van der Waals surface area (Å²) in [5, 5.41) is 10.6. The lowest BCUT2D eigenvalue weighted by Crippen LogP contribution is -2.39. The number of carbonyl (C=O) groups is 1. The molecule has 6 nitrogen and oxygen atoms in total. The normalized spacial score (nSPS) is 19.0. The monoisotopic (exact) mass is 423 g/mol. The quantitative estimate of drug-likeness (QED) is 0.680. The molecule has 166 valence electrons. The minimum Gasteiger partial charge on any atom is -0.491 e. The topological polar surface area (TPSA) is 79.0 Å². The third kappa shape index (κ3) is 5.85. The molecule has 0 bridgehead atoms. The van der Waals surface area contributed by atoms with Crippen LogP contribution in [0, 0.1) is 5.92 Å². The van der Waals surface area contributed by atoms with Crippen LogP contribution in [0.3, 0.4) is 0 Å². The lowest BCUT2D eigenvalue weighted by molar-refractivity contribution is -0.123. The number of benzene rings is 2. The molecule has 1 atom stereocenters. The van der Waals surface area contributed by atoms with Gasteiger partial charge in [0, 0.05) is 37.7 Å². The Morgan fingerprint density at radius 2 is 1.74 bits per heavy atom. The lowest BCUT2D eigenvalue weighted by Gasteiger charge is -2.31. The Balaban J connectivity index is 1.27. The molecule has 0 radical (unpaired) electrons. The highest BCUT2D eigenvalue weighted by Gasteiger charge is 2.24. The molecule has 1 amide bonds. The van der Waals surface area contributed by atoms with Crippen molar-refractivity contribution in [2.45, 2.75) is 38.5 Å². The summed E-state index contributed by atoms with van der Waals surface area (Å²) in [5.74, 6) is 0.636. The van der Waals surface area contributed by atoms with Gasteiger partial charge in [0.15, 0.2) is 0 Å². The molecule has 0 aromatic heterocycles. The van der Waals surface area contributed by atoms with Crippen molar-refractivity contribution in [3.63, 3.8) is 0 Å². The van der Waals surface area contributed by atoms with Crippen LogP contribution in [0.25, 0.3) is 0 Å². The number of amides is 1. The number of para-hydroxylation sites is 1. The first kappa shape index (κ1) is 21.8. The molecule has 31 heavy (non-hydrogen) atoms. The number of primary amides is 1. The van der Waals surface area contributed by atoms with Gasteiger partial charge in [-0.3, -0.25) is 14.6 Å². The lowest BCUT2D eigenvalue weighted by atomic mass is 9.96. The summed E-state index contributed by atoms with van der Waals surface area (Å²) in [5.41, 5.74) is 9.32. The van der Waals surface area contributed by atoms with Gasteiger partial charge in [0.05, 0.1) is 0 Å². The number of hydrogen-bond acceptors (Lipinski definition) is 5. The fourth-order valence-electron chi connectivity index (χ4n) is 4.64. The van der Waals surface area contributed by atoms with Crippen LogP contribution in [-0.4, -0.2) is 59.7 Å². The van der Waals surface area contributed by atoms with Gasteiger partial charge in [-0.15, -0.1) is 0 Å². The van der Waals surface area contributed by atoms with Crippen molar-refractivity contribution in [2.24, 2.45) is 11.7 Å². The largest absolute Gasteiger partial charge is 0.491 e. The fourth-order valence-corrected chi connectivity index (χ4v) is 4.64. The van der Waals surface area contributed by atoms with Crippen molar-refractivity contribution in [2.75, 3.05) is 32.8 Å². The SMILES string of the molecule is NC(=O)C1CCN(Cc2ccccc2OCC(O)CN2CCc3ccccc3C2)CC1. The maximum atomic E-state index is 11.4. The summed E-state index contributed by atoms with van der Waals surface area (Å²) >= 11 is 0. The zero-order chi connectivity index (χ0) is 21.6. The molecular formula is C25H33N3O3. The van der Waals surface area contributed by atoms with Gasteiger partial charge in [-0.1, -0.05) is 42.5 Å². The van der Waals surface area contributed by atoms with E-state index >= 15 is 0 Å². The van der Waals surface area contributed by atoms with E-state index in [1.807, 2.05) is 18.2 Å².